The minimum Gasteiger partial charge on any atom is -0.0696 e. The van der Waals surface area contributed by atoms with Gasteiger partial charge in [-0.3, -0.25) is 0 Å². The normalized spacial score (nSPS) is 11.0. The summed E-state index contributed by atoms with van der Waals surface area (Å²) in [4.78, 5) is 0. The van der Waals surface area contributed by atoms with Crippen LogP contribution in [0, 0.1) is 12.1 Å². The van der Waals surface area contributed by atoms with Gasteiger partial charge in [-0.2, -0.15) is 0 Å². The number of rotatable bonds is 0. The van der Waals surface area contributed by atoms with E-state index < -0.39 is 0 Å². The van der Waals surface area contributed by atoms with Gasteiger partial charge in [-0.05, 0) is 50.5 Å². The van der Waals surface area contributed by atoms with Gasteiger partial charge in [-0.25, -0.2) is 0 Å². The Bertz CT molecular complexity index is 922. The third-order valence-corrected chi connectivity index (χ3v) is 4.23. The molecule has 4 aromatic carbocycles. The first kappa shape index (κ1) is 10.8. The molecule has 0 spiro atoms. The molecule has 0 bridgehead atoms. The van der Waals surface area contributed by atoms with E-state index in [1.807, 2.05) is 12.1 Å². The lowest BCUT2D eigenvalue weighted by Crippen LogP contribution is -1.81. The van der Waals surface area contributed by atoms with Crippen LogP contribution < -0.4 is 0 Å². The van der Waals surface area contributed by atoms with Crippen LogP contribution in [0.5, 0.6) is 0 Å². The first-order chi connectivity index (χ1) is 9.34. The zero-order chi connectivity index (χ0) is 12.8. The molecule has 0 atom stereocenters. The molecule has 0 fully saturated rings. The molecule has 4 aromatic rings. The number of benzene rings is 3. The number of fused-ring (bicyclic) bond motifs is 5. The molecule has 0 aliphatic rings. The van der Waals surface area contributed by atoms with Crippen molar-refractivity contribution in [1.29, 1.82) is 0 Å². The van der Waals surface area contributed by atoms with Crippen LogP contribution in [0.15, 0.2) is 59.1 Å². The second-order valence-electron chi connectivity index (χ2n) is 4.65. The second kappa shape index (κ2) is 3.98. The van der Waals surface area contributed by atoms with Crippen molar-refractivity contribution in [3.8, 4) is 0 Å². The molecule has 0 unspecified atom stereocenters. The maximum Gasteiger partial charge on any atom is 0.0260 e. The smallest absolute Gasteiger partial charge is 0.0260 e. The SMILES string of the molecule is Brc1cc2ccc3cc#ccc3c2c2ccccc12. The minimum absolute atomic E-state index is 1.14. The van der Waals surface area contributed by atoms with E-state index in [9.17, 15) is 0 Å². The molecule has 0 aliphatic heterocycles. The monoisotopic (exact) mass is 304 g/mol. The summed E-state index contributed by atoms with van der Waals surface area (Å²) in [6.07, 6.45) is 0. The van der Waals surface area contributed by atoms with E-state index in [0.29, 0.717) is 0 Å². The fourth-order valence-corrected chi connectivity index (χ4v) is 3.30. The Morgan fingerprint density at radius 1 is 0.737 bits per heavy atom. The van der Waals surface area contributed by atoms with Crippen molar-refractivity contribution in [1.82, 2.24) is 0 Å². The minimum atomic E-state index is 1.14. The highest BCUT2D eigenvalue weighted by molar-refractivity contribution is 9.10. The van der Waals surface area contributed by atoms with Gasteiger partial charge < -0.3 is 0 Å². The molecule has 0 aliphatic carbocycles. The van der Waals surface area contributed by atoms with Crippen LogP contribution in [-0.4, -0.2) is 0 Å². The van der Waals surface area contributed by atoms with E-state index >= 15 is 0 Å². The number of halogens is 1. The molecule has 4 rings (SSSR count). The molecule has 0 radical (unpaired) electrons. The fourth-order valence-electron chi connectivity index (χ4n) is 2.71. The van der Waals surface area contributed by atoms with Gasteiger partial charge in [0.05, 0.1) is 0 Å². The maximum absolute atomic E-state index is 3.67. The lowest BCUT2D eigenvalue weighted by Gasteiger charge is -2.08. The van der Waals surface area contributed by atoms with Crippen molar-refractivity contribution in [3.05, 3.63) is 71.2 Å². The second-order valence-corrected chi connectivity index (χ2v) is 5.50. The molecular weight excluding hydrogens is 296 g/mol. The van der Waals surface area contributed by atoms with Crippen molar-refractivity contribution >= 4 is 48.2 Å². The molecule has 88 valence electrons. The molecule has 0 saturated carbocycles. The van der Waals surface area contributed by atoms with Crippen LogP contribution in [0.1, 0.15) is 0 Å². The lowest BCUT2D eigenvalue weighted by atomic mass is 9.97. The Labute approximate surface area is 119 Å². The standard InChI is InChI=1S/C18H9Br/c19-17-11-13-10-9-12-5-1-2-6-14(12)18(13)16-8-4-3-7-15(16)17/h3-11H. The van der Waals surface area contributed by atoms with Crippen molar-refractivity contribution in [2.75, 3.05) is 0 Å². The highest BCUT2D eigenvalue weighted by atomic mass is 79.9. The van der Waals surface area contributed by atoms with E-state index in [-0.39, 0.29) is 0 Å². The average Bonchev–Trinajstić information content (AvgIpc) is 2.47. The van der Waals surface area contributed by atoms with Crippen LogP contribution in [0.4, 0.5) is 0 Å². The van der Waals surface area contributed by atoms with Crippen LogP contribution in [0.2, 0.25) is 0 Å². The third kappa shape index (κ3) is 1.54. The molecule has 19 heavy (non-hydrogen) atoms. The van der Waals surface area contributed by atoms with Gasteiger partial charge in [0.1, 0.15) is 0 Å². The Morgan fingerprint density at radius 3 is 2.37 bits per heavy atom. The summed E-state index contributed by atoms with van der Waals surface area (Å²) in [5.41, 5.74) is 0. The van der Waals surface area contributed by atoms with Gasteiger partial charge >= 0.3 is 0 Å². The van der Waals surface area contributed by atoms with Gasteiger partial charge in [0.15, 0.2) is 0 Å². The summed E-state index contributed by atoms with van der Waals surface area (Å²) in [5.74, 6) is 0. The van der Waals surface area contributed by atoms with E-state index in [2.05, 4.69) is 70.5 Å². The van der Waals surface area contributed by atoms with Gasteiger partial charge in [-0.1, -0.05) is 64.5 Å². The van der Waals surface area contributed by atoms with Gasteiger partial charge in [-0.15, -0.1) is 0 Å². The molecular formula is C18H9Br. The van der Waals surface area contributed by atoms with Crippen LogP contribution in [0.3, 0.4) is 0 Å². The van der Waals surface area contributed by atoms with E-state index in [1.165, 1.54) is 32.3 Å². The predicted molar refractivity (Wildman–Crippen MR) is 84.3 cm³/mol. The zero-order valence-corrected chi connectivity index (χ0v) is 11.7. The van der Waals surface area contributed by atoms with Crippen molar-refractivity contribution < 1.29 is 0 Å². The van der Waals surface area contributed by atoms with E-state index in [0.717, 1.165) is 4.47 Å². The summed E-state index contributed by atoms with van der Waals surface area (Å²) >= 11 is 3.67. The van der Waals surface area contributed by atoms with Crippen LogP contribution >= 0.6 is 15.9 Å². The summed E-state index contributed by atoms with van der Waals surface area (Å²) < 4.78 is 1.14. The quantitative estimate of drug-likeness (QED) is 0.376. The highest BCUT2D eigenvalue weighted by Crippen LogP contribution is 2.35. The summed E-state index contributed by atoms with van der Waals surface area (Å²) in [5, 5.41) is 7.50. The molecule has 0 nitrogen and oxygen atoms in total. The molecule has 0 amide bonds. The van der Waals surface area contributed by atoms with E-state index in [1.54, 1.807) is 0 Å². The molecule has 0 aromatic heterocycles. The first-order valence-electron chi connectivity index (χ1n) is 6.16. The van der Waals surface area contributed by atoms with Crippen molar-refractivity contribution in [2.24, 2.45) is 0 Å². The van der Waals surface area contributed by atoms with Gasteiger partial charge in [0.2, 0.25) is 0 Å². The zero-order valence-electron chi connectivity index (χ0n) is 10.1. The fraction of sp³-hybridized carbons (Fsp3) is 0. The molecule has 0 heterocycles. The Hall–Kier alpha value is -2.04. The van der Waals surface area contributed by atoms with Gasteiger partial charge in [0, 0.05) is 4.47 Å². The summed E-state index contributed by atoms with van der Waals surface area (Å²) in [7, 11) is 0. The number of hydrogen-bond donors (Lipinski definition) is 0. The predicted octanol–water partition coefficient (Wildman–Crippen LogP) is 5.51. The molecule has 0 N–H and O–H groups in total. The van der Waals surface area contributed by atoms with E-state index in [4.69, 9.17) is 0 Å². The van der Waals surface area contributed by atoms with Crippen LogP contribution in [0.25, 0.3) is 32.3 Å². The largest absolute Gasteiger partial charge is 0.0696 e. The van der Waals surface area contributed by atoms with Crippen molar-refractivity contribution in [2.45, 2.75) is 0 Å². The number of hydrogen-bond acceptors (Lipinski definition) is 0. The first-order valence-corrected chi connectivity index (χ1v) is 6.95. The van der Waals surface area contributed by atoms with Gasteiger partial charge in [0.25, 0.3) is 0 Å². The molecule has 0 saturated heterocycles. The molecule has 1 heteroatoms. The average molecular weight is 305 g/mol. The summed E-state index contributed by atoms with van der Waals surface area (Å²) in [6, 6.07) is 25.1. The van der Waals surface area contributed by atoms with Crippen LogP contribution in [-0.2, 0) is 0 Å². The topological polar surface area (TPSA) is 0 Å². The van der Waals surface area contributed by atoms with Crippen molar-refractivity contribution in [3.63, 3.8) is 0 Å². The third-order valence-electron chi connectivity index (χ3n) is 3.57. The maximum atomic E-state index is 3.67. The highest BCUT2D eigenvalue weighted by Gasteiger charge is 2.07. The Morgan fingerprint density at radius 2 is 1.47 bits per heavy atom. The summed E-state index contributed by atoms with van der Waals surface area (Å²) in [6.45, 7) is 0. The Kier molecular flexibility index (Phi) is 2.27. The Balaban J connectivity index is 2.39. The lowest BCUT2D eigenvalue weighted by molar-refractivity contribution is 1.75.